The van der Waals surface area contributed by atoms with Crippen molar-refractivity contribution < 1.29 is 4.74 Å². The first kappa shape index (κ1) is 15.6. The molecule has 0 saturated carbocycles. The Balaban J connectivity index is 1.98. The summed E-state index contributed by atoms with van der Waals surface area (Å²) in [4.78, 5) is 15.2. The number of para-hydroxylation sites is 1. The first-order valence-electron chi connectivity index (χ1n) is 7.43. The molecule has 5 nitrogen and oxygen atoms in total. The van der Waals surface area contributed by atoms with Gasteiger partial charge in [0, 0.05) is 11.6 Å². The summed E-state index contributed by atoms with van der Waals surface area (Å²) in [5.41, 5.74) is 2.24. The Hall–Kier alpha value is -2.24. The van der Waals surface area contributed by atoms with Crippen LogP contribution >= 0.6 is 11.6 Å². The molecular formula is C17H18ClN3O2. The van der Waals surface area contributed by atoms with Gasteiger partial charge in [-0.25, -0.2) is 4.79 Å². The molecule has 0 aliphatic heterocycles. The molecule has 2 aromatic carbocycles. The topological polar surface area (TPSA) is 59.0 Å². The number of H-pyrrole nitrogens is 1. The van der Waals surface area contributed by atoms with Crippen molar-refractivity contribution >= 4 is 22.6 Å². The minimum Gasteiger partial charge on any atom is -0.490 e. The number of likely N-dealkylation sites (N-methyl/N-ethyl adjacent to an activating group) is 1. The molecule has 0 radical (unpaired) electrons. The van der Waals surface area contributed by atoms with Crippen molar-refractivity contribution in [1.29, 1.82) is 0 Å². The van der Waals surface area contributed by atoms with Gasteiger partial charge in [-0.2, -0.15) is 0 Å². The van der Waals surface area contributed by atoms with Gasteiger partial charge in [0.2, 0.25) is 0 Å². The largest absolute Gasteiger partial charge is 0.490 e. The number of nitrogens with zero attached hydrogens (tertiary/aromatic N) is 1. The van der Waals surface area contributed by atoms with Crippen LogP contribution in [0.5, 0.6) is 5.75 Å². The molecule has 0 aliphatic rings. The van der Waals surface area contributed by atoms with Crippen LogP contribution < -0.4 is 15.7 Å². The third-order valence-electron chi connectivity index (χ3n) is 3.67. The van der Waals surface area contributed by atoms with E-state index in [0.29, 0.717) is 29.4 Å². The number of nitrogens with one attached hydrogen (secondary N) is 2. The first-order chi connectivity index (χ1) is 11.2. The van der Waals surface area contributed by atoms with E-state index < -0.39 is 0 Å². The van der Waals surface area contributed by atoms with Crippen LogP contribution in [0.4, 0.5) is 0 Å². The molecule has 0 fully saturated rings. The third-order valence-corrected chi connectivity index (χ3v) is 4.04. The van der Waals surface area contributed by atoms with Crippen LogP contribution in [0.25, 0.3) is 11.0 Å². The number of hydrogen-bond donors (Lipinski definition) is 2. The van der Waals surface area contributed by atoms with Gasteiger partial charge < -0.3 is 15.0 Å². The molecule has 0 spiro atoms. The highest BCUT2D eigenvalue weighted by atomic mass is 35.5. The number of aromatic amines is 1. The van der Waals surface area contributed by atoms with Gasteiger partial charge in [0.05, 0.1) is 12.1 Å². The van der Waals surface area contributed by atoms with E-state index in [2.05, 4.69) is 10.3 Å². The highest BCUT2D eigenvalue weighted by Gasteiger charge is 2.12. The van der Waals surface area contributed by atoms with Crippen LogP contribution in [0.2, 0.25) is 5.02 Å². The summed E-state index contributed by atoms with van der Waals surface area (Å²) in [5.74, 6) is 0.674. The number of benzene rings is 2. The summed E-state index contributed by atoms with van der Waals surface area (Å²) in [5, 5.41) is 3.67. The fourth-order valence-electron chi connectivity index (χ4n) is 2.49. The smallest absolute Gasteiger partial charge is 0.326 e. The third kappa shape index (κ3) is 3.25. The predicted molar refractivity (Wildman–Crippen MR) is 92.5 cm³/mol. The van der Waals surface area contributed by atoms with Gasteiger partial charge in [-0.1, -0.05) is 35.9 Å². The molecular weight excluding hydrogens is 314 g/mol. The zero-order valence-corrected chi connectivity index (χ0v) is 13.6. The van der Waals surface area contributed by atoms with Crippen molar-refractivity contribution in [2.75, 3.05) is 20.2 Å². The van der Waals surface area contributed by atoms with Crippen molar-refractivity contribution in [3.8, 4) is 5.75 Å². The van der Waals surface area contributed by atoms with Gasteiger partial charge in [0.1, 0.15) is 17.9 Å². The maximum Gasteiger partial charge on any atom is 0.326 e. The highest BCUT2D eigenvalue weighted by molar-refractivity contribution is 6.31. The van der Waals surface area contributed by atoms with Gasteiger partial charge in [0.15, 0.2) is 0 Å². The molecule has 0 unspecified atom stereocenters. The SMILES string of the molecule is CNCCOc1cccc2c1[nH]c(=O)n2Cc1ccccc1Cl. The summed E-state index contributed by atoms with van der Waals surface area (Å²) in [6, 6.07) is 13.2. The normalized spacial score (nSPS) is 11.0. The highest BCUT2D eigenvalue weighted by Crippen LogP contribution is 2.24. The lowest BCUT2D eigenvalue weighted by molar-refractivity contribution is 0.321. The molecule has 1 heterocycles. The monoisotopic (exact) mass is 331 g/mol. The number of imidazole rings is 1. The van der Waals surface area contributed by atoms with Gasteiger partial charge in [-0.05, 0) is 30.8 Å². The Morgan fingerprint density at radius 3 is 2.83 bits per heavy atom. The van der Waals surface area contributed by atoms with E-state index in [1.807, 2.05) is 49.5 Å². The summed E-state index contributed by atoms with van der Waals surface area (Å²) in [6.07, 6.45) is 0. The molecule has 23 heavy (non-hydrogen) atoms. The second-order valence-electron chi connectivity index (χ2n) is 5.21. The van der Waals surface area contributed by atoms with Crippen molar-refractivity contribution in [2.24, 2.45) is 0 Å². The Morgan fingerprint density at radius 1 is 1.22 bits per heavy atom. The maximum absolute atomic E-state index is 12.3. The average molecular weight is 332 g/mol. The van der Waals surface area contributed by atoms with E-state index in [1.165, 1.54) is 0 Å². The molecule has 2 N–H and O–H groups in total. The molecule has 3 aromatic rings. The van der Waals surface area contributed by atoms with E-state index in [1.54, 1.807) is 4.57 Å². The van der Waals surface area contributed by atoms with E-state index >= 15 is 0 Å². The number of ether oxygens (including phenoxy) is 1. The van der Waals surface area contributed by atoms with Gasteiger partial charge >= 0.3 is 5.69 Å². The fourth-order valence-corrected chi connectivity index (χ4v) is 2.69. The van der Waals surface area contributed by atoms with Crippen molar-refractivity contribution in [3.63, 3.8) is 0 Å². The van der Waals surface area contributed by atoms with E-state index in [4.69, 9.17) is 16.3 Å². The van der Waals surface area contributed by atoms with E-state index in [9.17, 15) is 4.79 Å². The first-order valence-corrected chi connectivity index (χ1v) is 7.81. The summed E-state index contributed by atoms with van der Waals surface area (Å²) < 4.78 is 7.40. The maximum atomic E-state index is 12.3. The lowest BCUT2D eigenvalue weighted by Crippen LogP contribution is -2.17. The van der Waals surface area contributed by atoms with Crippen molar-refractivity contribution in [2.45, 2.75) is 6.54 Å². The molecule has 0 saturated heterocycles. The van der Waals surface area contributed by atoms with Crippen LogP contribution in [-0.4, -0.2) is 29.8 Å². The van der Waals surface area contributed by atoms with Crippen molar-refractivity contribution in [1.82, 2.24) is 14.9 Å². The van der Waals surface area contributed by atoms with Crippen molar-refractivity contribution in [3.05, 3.63) is 63.5 Å². The second-order valence-corrected chi connectivity index (χ2v) is 5.62. The number of hydrogen-bond acceptors (Lipinski definition) is 3. The molecule has 0 atom stereocenters. The lowest BCUT2D eigenvalue weighted by Gasteiger charge is -2.08. The zero-order valence-electron chi connectivity index (χ0n) is 12.8. The van der Waals surface area contributed by atoms with E-state index in [0.717, 1.165) is 17.6 Å². The minimum atomic E-state index is -0.176. The minimum absolute atomic E-state index is 0.176. The number of halogens is 1. The summed E-state index contributed by atoms with van der Waals surface area (Å²) in [7, 11) is 1.87. The molecule has 6 heteroatoms. The molecule has 0 aliphatic carbocycles. The summed E-state index contributed by atoms with van der Waals surface area (Å²) >= 11 is 6.20. The fraction of sp³-hybridized carbons (Fsp3) is 0.235. The predicted octanol–water partition coefficient (Wildman–Crippen LogP) is 2.63. The Bertz CT molecular complexity index is 870. The lowest BCUT2D eigenvalue weighted by atomic mass is 10.2. The second kappa shape index (κ2) is 6.89. The van der Waals surface area contributed by atoms with Gasteiger partial charge in [0.25, 0.3) is 0 Å². The molecule has 0 amide bonds. The Kier molecular flexibility index (Phi) is 4.69. The number of fused-ring (bicyclic) bond motifs is 1. The summed E-state index contributed by atoms with van der Waals surface area (Å²) in [6.45, 7) is 1.69. The zero-order chi connectivity index (χ0) is 16.2. The molecule has 120 valence electrons. The number of aromatic nitrogens is 2. The molecule has 3 rings (SSSR count). The Morgan fingerprint density at radius 2 is 2.04 bits per heavy atom. The number of rotatable bonds is 6. The van der Waals surface area contributed by atoms with Crippen LogP contribution in [0.3, 0.4) is 0 Å². The van der Waals surface area contributed by atoms with Crippen LogP contribution in [0.1, 0.15) is 5.56 Å². The van der Waals surface area contributed by atoms with Gasteiger partial charge in [-0.3, -0.25) is 4.57 Å². The van der Waals surface area contributed by atoms with Crippen LogP contribution in [0.15, 0.2) is 47.3 Å². The van der Waals surface area contributed by atoms with Gasteiger partial charge in [-0.15, -0.1) is 0 Å². The van der Waals surface area contributed by atoms with E-state index in [-0.39, 0.29) is 5.69 Å². The Labute approximate surface area is 138 Å². The van der Waals surface area contributed by atoms with Crippen LogP contribution in [0, 0.1) is 0 Å². The average Bonchev–Trinajstić information content (AvgIpc) is 2.87. The molecule has 0 bridgehead atoms. The van der Waals surface area contributed by atoms with Crippen LogP contribution in [-0.2, 0) is 6.54 Å². The molecule has 1 aromatic heterocycles. The standard InChI is InChI=1S/C17H18ClN3O2/c1-19-9-10-23-15-8-4-7-14-16(15)20-17(22)21(14)11-12-5-2-3-6-13(12)18/h2-8,19H,9-11H2,1H3,(H,20,22). The quantitative estimate of drug-likeness (QED) is 0.683.